The second-order valence-corrected chi connectivity index (χ2v) is 7.61. The van der Waals surface area contributed by atoms with Crippen molar-refractivity contribution in [2.75, 3.05) is 13.1 Å². The Bertz CT molecular complexity index is 996. The van der Waals surface area contributed by atoms with Gasteiger partial charge in [-0.3, -0.25) is 4.79 Å². The van der Waals surface area contributed by atoms with Gasteiger partial charge in [-0.25, -0.2) is 4.98 Å². The summed E-state index contributed by atoms with van der Waals surface area (Å²) in [5.41, 5.74) is 2.46. The molecular weight excluding hydrogens is 362 g/mol. The summed E-state index contributed by atoms with van der Waals surface area (Å²) in [4.78, 5) is 24.0. The van der Waals surface area contributed by atoms with Crippen molar-refractivity contribution in [1.82, 2.24) is 14.9 Å². The number of benzene rings is 2. The van der Waals surface area contributed by atoms with E-state index in [1.165, 1.54) is 5.56 Å². The van der Waals surface area contributed by atoms with Crippen molar-refractivity contribution in [2.24, 2.45) is 0 Å². The van der Waals surface area contributed by atoms with Crippen molar-refractivity contribution < 1.29 is 9.53 Å². The van der Waals surface area contributed by atoms with E-state index in [4.69, 9.17) is 4.74 Å². The zero-order chi connectivity index (χ0) is 20.2. The Kier molecular flexibility index (Phi) is 5.56. The molecule has 148 valence electrons. The van der Waals surface area contributed by atoms with E-state index in [2.05, 4.69) is 29.9 Å². The van der Waals surface area contributed by atoms with Gasteiger partial charge < -0.3 is 9.64 Å². The average molecular weight is 387 g/mol. The predicted molar refractivity (Wildman–Crippen MR) is 113 cm³/mol. The van der Waals surface area contributed by atoms with Gasteiger partial charge in [0.25, 0.3) is 5.91 Å². The Morgan fingerprint density at radius 2 is 1.79 bits per heavy atom. The molecule has 1 saturated heterocycles. The normalized spacial score (nSPS) is 13.7. The molecule has 3 aromatic rings. The van der Waals surface area contributed by atoms with Crippen LogP contribution in [0, 0.1) is 0 Å². The molecule has 1 amide bonds. The van der Waals surface area contributed by atoms with Gasteiger partial charge in [0.05, 0.1) is 0 Å². The number of likely N-dealkylation sites (tertiary alicyclic amines) is 1. The first-order valence-corrected chi connectivity index (χ1v) is 10.1. The summed E-state index contributed by atoms with van der Waals surface area (Å²) in [7, 11) is 0. The van der Waals surface area contributed by atoms with E-state index in [1.54, 1.807) is 6.20 Å². The minimum Gasteiger partial charge on any atom is -0.438 e. The van der Waals surface area contributed by atoms with Crippen molar-refractivity contribution in [1.29, 1.82) is 0 Å². The van der Waals surface area contributed by atoms with E-state index in [1.807, 2.05) is 53.4 Å². The Morgan fingerprint density at radius 1 is 1.03 bits per heavy atom. The summed E-state index contributed by atoms with van der Waals surface area (Å²) >= 11 is 0. The molecule has 5 heteroatoms. The summed E-state index contributed by atoms with van der Waals surface area (Å²) in [5, 5.41) is 0. The largest absolute Gasteiger partial charge is 0.438 e. The summed E-state index contributed by atoms with van der Waals surface area (Å²) in [6, 6.07) is 17.6. The van der Waals surface area contributed by atoms with Crippen LogP contribution in [0.15, 0.2) is 60.8 Å². The highest BCUT2D eigenvalue weighted by molar-refractivity contribution is 5.96. The van der Waals surface area contributed by atoms with Crippen LogP contribution < -0.4 is 4.74 Å². The van der Waals surface area contributed by atoms with Crippen LogP contribution in [0.4, 0.5) is 0 Å². The van der Waals surface area contributed by atoms with Crippen molar-refractivity contribution >= 4 is 5.91 Å². The molecule has 1 aliphatic heterocycles. The number of aromatic nitrogens is 2. The number of carbonyl (C=O) groups excluding carboxylic acids is 1. The summed E-state index contributed by atoms with van der Waals surface area (Å²) in [6.45, 7) is 5.81. The number of nitrogens with zero attached hydrogens (tertiary/aromatic N) is 3. The fourth-order valence-corrected chi connectivity index (χ4v) is 3.46. The first-order valence-electron chi connectivity index (χ1n) is 10.1. The third kappa shape index (κ3) is 4.29. The van der Waals surface area contributed by atoms with Gasteiger partial charge in [0.15, 0.2) is 5.82 Å². The zero-order valence-corrected chi connectivity index (χ0v) is 16.8. The maximum atomic E-state index is 13.0. The molecule has 5 nitrogen and oxygen atoms in total. The lowest BCUT2D eigenvalue weighted by Crippen LogP contribution is -2.28. The fraction of sp³-hybridized carbons (Fsp3) is 0.292. The summed E-state index contributed by atoms with van der Waals surface area (Å²) in [6.07, 6.45) is 3.65. The lowest BCUT2D eigenvalue weighted by molar-refractivity contribution is 0.0789. The molecule has 1 fully saturated rings. The topological polar surface area (TPSA) is 55.3 Å². The molecule has 1 aromatic heterocycles. The van der Waals surface area contributed by atoms with Gasteiger partial charge in [-0.1, -0.05) is 56.3 Å². The predicted octanol–water partition coefficient (Wildman–Crippen LogP) is 5.30. The summed E-state index contributed by atoms with van der Waals surface area (Å²) < 4.78 is 6.14. The third-order valence-electron chi connectivity index (χ3n) is 5.15. The van der Waals surface area contributed by atoms with Crippen LogP contribution in [-0.4, -0.2) is 33.9 Å². The highest BCUT2D eigenvalue weighted by Gasteiger charge is 2.25. The van der Waals surface area contributed by atoms with E-state index in [9.17, 15) is 4.79 Å². The van der Waals surface area contributed by atoms with Gasteiger partial charge in [-0.2, -0.15) is 4.98 Å². The number of carbonyl (C=O) groups is 1. The molecule has 0 unspecified atom stereocenters. The minimum atomic E-state index is -0.0721. The van der Waals surface area contributed by atoms with Crippen LogP contribution in [0.2, 0.25) is 0 Å². The van der Waals surface area contributed by atoms with Crippen molar-refractivity contribution in [3.05, 3.63) is 71.9 Å². The van der Waals surface area contributed by atoms with E-state index < -0.39 is 0 Å². The van der Waals surface area contributed by atoms with Crippen molar-refractivity contribution in [2.45, 2.75) is 32.6 Å². The standard InChI is InChI=1S/C24H25N3O2/c1-17(2)19-11-8-12-20(15-19)29-23-21(24(28)27-13-6-7-14-27)16-25-22(26-23)18-9-4-3-5-10-18/h3-5,8-12,15-17H,6-7,13-14H2,1-2H3. The molecule has 2 aromatic carbocycles. The van der Waals surface area contributed by atoms with Gasteiger partial charge in [-0.15, -0.1) is 0 Å². The smallest absolute Gasteiger partial charge is 0.260 e. The number of hydrogen-bond acceptors (Lipinski definition) is 4. The molecule has 0 bridgehead atoms. The Balaban J connectivity index is 1.73. The molecule has 0 aliphatic carbocycles. The van der Waals surface area contributed by atoms with Crippen LogP contribution in [0.3, 0.4) is 0 Å². The van der Waals surface area contributed by atoms with E-state index >= 15 is 0 Å². The monoisotopic (exact) mass is 387 g/mol. The van der Waals surface area contributed by atoms with Gasteiger partial charge in [0, 0.05) is 24.8 Å². The molecule has 0 atom stereocenters. The summed E-state index contributed by atoms with van der Waals surface area (Å²) in [5.74, 6) is 1.83. The quantitative estimate of drug-likeness (QED) is 0.596. The third-order valence-corrected chi connectivity index (χ3v) is 5.15. The molecule has 4 rings (SSSR count). The van der Waals surface area contributed by atoms with Crippen molar-refractivity contribution in [3.8, 4) is 23.0 Å². The molecule has 1 aliphatic rings. The molecule has 0 saturated carbocycles. The van der Waals surface area contributed by atoms with Gasteiger partial charge in [0.1, 0.15) is 11.3 Å². The van der Waals surface area contributed by atoms with E-state index in [-0.39, 0.29) is 5.91 Å². The van der Waals surface area contributed by atoms with E-state index in [0.717, 1.165) is 31.5 Å². The minimum absolute atomic E-state index is 0.0721. The SMILES string of the molecule is CC(C)c1cccc(Oc2nc(-c3ccccc3)ncc2C(=O)N2CCCC2)c1. The number of ether oxygens (including phenoxy) is 1. The maximum Gasteiger partial charge on any atom is 0.260 e. The van der Waals surface area contributed by atoms with Gasteiger partial charge in [0.2, 0.25) is 5.88 Å². The van der Waals surface area contributed by atoms with Gasteiger partial charge >= 0.3 is 0 Å². The van der Waals surface area contributed by atoms with Crippen LogP contribution in [-0.2, 0) is 0 Å². The molecule has 0 radical (unpaired) electrons. The van der Waals surface area contributed by atoms with Crippen LogP contribution in [0.25, 0.3) is 11.4 Å². The Labute approximate surface area is 171 Å². The second kappa shape index (κ2) is 8.43. The zero-order valence-electron chi connectivity index (χ0n) is 16.8. The van der Waals surface area contributed by atoms with Gasteiger partial charge in [-0.05, 0) is 36.5 Å². The highest BCUT2D eigenvalue weighted by Crippen LogP contribution is 2.29. The average Bonchev–Trinajstić information content (AvgIpc) is 3.29. The fourth-order valence-electron chi connectivity index (χ4n) is 3.46. The van der Waals surface area contributed by atoms with Crippen LogP contribution in [0.1, 0.15) is 48.5 Å². The number of rotatable bonds is 5. The molecule has 29 heavy (non-hydrogen) atoms. The van der Waals surface area contributed by atoms with Crippen LogP contribution >= 0.6 is 0 Å². The Morgan fingerprint density at radius 3 is 2.52 bits per heavy atom. The van der Waals surface area contributed by atoms with Crippen LogP contribution in [0.5, 0.6) is 11.6 Å². The lowest BCUT2D eigenvalue weighted by Gasteiger charge is -2.18. The molecule has 2 heterocycles. The highest BCUT2D eigenvalue weighted by atomic mass is 16.5. The van der Waals surface area contributed by atoms with Crippen molar-refractivity contribution in [3.63, 3.8) is 0 Å². The number of amides is 1. The lowest BCUT2D eigenvalue weighted by atomic mass is 10.0. The number of hydrogen-bond donors (Lipinski definition) is 0. The maximum absolute atomic E-state index is 13.0. The molecule has 0 N–H and O–H groups in total. The first-order chi connectivity index (χ1) is 14.1. The first kappa shape index (κ1) is 19.1. The Hall–Kier alpha value is -3.21. The molecular formula is C24H25N3O2. The second-order valence-electron chi connectivity index (χ2n) is 7.61. The van der Waals surface area contributed by atoms with E-state index in [0.29, 0.717) is 28.9 Å². The molecule has 0 spiro atoms.